The Morgan fingerprint density at radius 1 is 1.35 bits per heavy atom. The minimum absolute atomic E-state index is 0.0458. The molecular weight excluding hydrogens is 362 g/mol. The van der Waals surface area contributed by atoms with E-state index in [4.69, 9.17) is 0 Å². The van der Waals surface area contributed by atoms with Crippen LogP contribution < -0.4 is 10.2 Å². The van der Waals surface area contributed by atoms with Gasteiger partial charge in [-0.1, -0.05) is 6.07 Å². The first kappa shape index (κ1) is 17.7. The Morgan fingerprint density at radius 2 is 2.23 bits per heavy atom. The van der Waals surface area contributed by atoms with Crippen LogP contribution >= 0.6 is 22.7 Å². The predicted molar refractivity (Wildman–Crippen MR) is 106 cm³/mol. The zero-order chi connectivity index (χ0) is 17.9. The maximum absolute atomic E-state index is 12.5. The Bertz CT molecular complexity index is 819. The first-order chi connectivity index (χ1) is 12.8. The lowest BCUT2D eigenvalue weighted by Gasteiger charge is -2.20. The van der Waals surface area contributed by atoms with Gasteiger partial charge in [-0.3, -0.25) is 4.79 Å². The van der Waals surface area contributed by atoms with Gasteiger partial charge < -0.3 is 10.2 Å². The van der Waals surface area contributed by atoms with E-state index in [2.05, 4.69) is 28.9 Å². The van der Waals surface area contributed by atoms with Gasteiger partial charge in [-0.2, -0.15) is 5.26 Å². The number of amides is 1. The van der Waals surface area contributed by atoms with Gasteiger partial charge in [0, 0.05) is 17.7 Å². The van der Waals surface area contributed by atoms with E-state index < -0.39 is 0 Å². The number of likely N-dealkylation sites (tertiary alicyclic amines) is 1. The molecule has 1 fully saturated rings. The number of rotatable bonds is 5. The number of hydrogen-bond acceptors (Lipinski definition) is 4. The lowest BCUT2D eigenvalue weighted by molar-refractivity contribution is -0.917. The smallest absolute Gasteiger partial charge is 0.230 e. The van der Waals surface area contributed by atoms with Gasteiger partial charge in [0.15, 0.2) is 0 Å². The number of nitrogens with one attached hydrogen (secondary N) is 2. The summed E-state index contributed by atoms with van der Waals surface area (Å²) in [5.41, 5.74) is 1.89. The molecule has 2 atom stereocenters. The van der Waals surface area contributed by atoms with Crippen molar-refractivity contribution in [3.8, 4) is 6.07 Å². The summed E-state index contributed by atoms with van der Waals surface area (Å²) in [6.45, 7) is 2.01. The second-order valence-corrected chi connectivity index (χ2v) is 9.28. The van der Waals surface area contributed by atoms with Gasteiger partial charge in [-0.25, -0.2) is 0 Å². The SMILES string of the molecule is N#Cc1c(NC(=O)CC[NH+]2CCC[C@H]2c2cccs2)sc2c1CCCC2. The third-order valence-corrected chi connectivity index (χ3v) is 7.77. The highest BCUT2D eigenvalue weighted by molar-refractivity contribution is 7.16. The zero-order valence-electron chi connectivity index (χ0n) is 14.8. The van der Waals surface area contributed by atoms with Gasteiger partial charge in [-0.15, -0.1) is 22.7 Å². The minimum atomic E-state index is 0.0458. The summed E-state index contributed by atoms with van der Waals surface area (Å²) in [4.78, 5) is 16.8. The van der Waals surface area contributed by atoms with Crippen LogP contribution in [0, 0.1) is 11.3 Å². The predicted octanol–water partition coefficient (Wildman–Crippen LogP) is 3.31. The molecule has 26 heavy (non-hydrogen) atoms. The molecule has 0 bridgehead atoms. The molecule has 2 aliphatic rings. The van der Waals surface area contributed by atoms with Crippen LogP contribution in [-0.2, 0) is 17.6 Å². The van der Waals surface area contributed by atoms with Crippen LogP contribution in [-0.4, -0.2) is 19.0 Å². The molecule has 0 spiro atoms. The number of thiophene rings is 2. The first-order valence-corrected chi connectivity index (χ1v) is 11.2. The summed E-state index contributed by atoms with van der Waals surface area (Å²) < 4.78 is 0. The highest BCUT2D eigenvalue weighted by atomic mass is 32.1. The molecular formula is C20H24N3OS2+. The Hall–Kier alpha value is -1.68. The molecule has 1 aliphatic carbocycles. The summed E-state index contributed by atoms with van der Waals surface area (Å²) in [6, 6.07) is 7.21. The molecule has 4 rings (SSSR count). The van der Waals surface area contributed by atoms with E-state index in [0.29, 0.717) is 18.0 Å². The molecule has 0 saturated carbocycles. The maximum atomic E-state index is 12.5. The zero-order valence-corrected chi connectivity index (χ0v) is 16.5. The molecule has 1 saturated heterocycles. The van der Waals surface area contributed by atoms with E-state index in [1.165, 1.54) is 39.5 Å². The number of hydrogen-bond donors (Lipinski definition) is 2. The second kappa shape index (κ2) is 7.91. The highest BCUT2D eigenvalue weighted by Gasteiger charge is 2.31. The van der Waals surface area contributed by atoms with E-state index in [1.54, 1.807) is 11.3 Å². The topological polar surface area (TPSA) is 57.3 Å². The summed E-state index contributed by atoms with van der Waals surface area (Å²) in [6.07, 6.45) is 7.33. The second-order valence-electron chi connectivity index (χ2n) is 7.19. The Kier molecular flexibility index (Phi) is 5.39. The fourth-order valence-electron chi connectivity index (χ4n) is 4.28. The van der Waals surface area contributed by atoms with E-state index in [1.807, 2.05) is 11.3 Å². The molecule has 0 aromatic carbocycles. The largest absolute Gasteiger partial charge is 0.328 e. The van der Waals surface area contributed by atoms with Crippen LogP contribution in [0.15, 0.2) is 17.5 Å². The Balaban J connectivity index is 1.37. The monoisotopic (exact) mass is 386 g/mol. The van der Waals surface area contributed by atoms with Crippen molar-refractivity contribution >= 4 is 33.6 Å². The van der Waals surface area contributed by atoms with Crippen LogP contribution in [0.3, 0.4) is 0 Å². The van der Waals surface area contributed by atoms with E-state index in [-0.39, 0.29) is 5.91 Å². The molecule has 0 radical (unpaired) electrons. The molecule has 3 heterocycles. The number of carbonyl (C=O) groups excluding carboxylic acids is 1. The number of quaternary nitrogens is 1. The lowest BCUT2D eigenvalue weighted by Crippen LogP contribution is -3.10. The molecule has 2 N–H and O–H groups in total. The Labute approximate surface area is 162 Å². The van der Waals surface area contributed by atoms with Crippen molar-refractivity contribution in [2.24, 2.45) is 0 Å². The van der Waals surface area contributed by atoms with E-state index in [9.17, 15) is 10.1 Å². The minimum Gasteiger partial charge on any atom is -0.328 e. The van der Waals surface area contributed by atoms with Crippen LogP contribution in [0.2, 0.25) is 0 Å². The number of nitriles is 1. The van der Waals surface area contributed by atoms with Crippen LogP contribution in [0.25, 0.3) is 0 Å². The van der Waals surface area contributed by atoms with Crippen molar-refractivity contribution in [2.45, 2.75) is 51.0 Å². The van der Waals surface area contributed by atoms with Crippen molar-refractivity contribution in [2.75, 3.05) is 18.4 Å². The fraction of sp³-hybridized carbons (Fsp3) is 0.500. The number of fused-ring (bicyclic) bond motifs is 1. The van der Waals surface area contributed by atoms with E-state index >= 15 is 0 Å². The standard InChI is InChI=1S/C20H23N3OS2/c21-13-15-14-5-1-2-7-17(14)26-20(15)22-19(24)9-11-23-10-3-6-16(23)18-8-4-12-25-18/h4,8,12,16H,1-3,5-7,9-11H2,(H,22,24)/p+1/t16-/m0/s1. The molecule has 4 nitrogen and oxygen atoms in total. The molecule has 1 amide bonds. The third-order valence-electron chi connectivity index (χ3n) is 5.58. The average molecular weight is 387 g/mol. The van der Waals surface area contributed by atoms with Crippen LogP contribution in [0.5, 0.6) is 0 Å². The number of carbonyl (C=O) groups is 1. The number of anilines is 1. The van der Waals surface area contributed by atoms with Gasteiger partial charge >= 0.3 is 0 Å². The normalized spacial score (nSPS) is 22.0. The lowest BCUT2D eigenvalue weighted by atomic mass is 9.96. The van der Waals surface area contributed by atoms with E-state index in [0.717, 1.165) is 37.4 Å². The third kappa shape index (κ3) is 3.57. The maximum Gasteiger partial charge on any atom is 0.230 e. The van der Waals surface area contributed by atoms with Crippen molar-refractivity contribution in [1.82, 2.24) is 0 Å². The van der Waals surface area contributed by atoms with Gasteiger partial charge in [0.2, 0.25) is 5.91 Å². The Morgan fingerprint density at radius 3 is 3.04 bits per heavy atom. The van der Waals surface area contributed by atoms with Crippen molar-refractivity contribution in [1.29, 1.82) is 5.26 Å². The summed E-state index contributed by atoms with van der Waals surface area (Å²) in [5, 5.41) is 15.5. The number of nitrogens with zero attached hydrogens (tertiary/aromatic N) is 1. The first-order valence-electron chi connectivity index (χ1n) is 9.48. The van der Waals surface area contributed by atoms with Crippen LogP contribution in [0.1, 0.15) is 59.0 Å². The average Bonchev–Trinajstić information content (AvgIpc) is 3.38. The van der Waals surface area contributed by atoms with Crippen molar-refractivity contribution in [3.63, 3.8) is 0 Å². The molecule has 1 unspecified atom stereocenters. The molecule has 2 aromatic rings. The summed E-state index contributed by atoms with van der Waals surface area (Å²) >= 11 is 3.44. The van der Waals surface area contributed by atoms with Crippen molar-refractivity contribution < 1.29 is 9.69 Å². The van der Waals surface area contributed by atoms with Gasteiger partial charge in [-0.05, 0) is 42.7 Å². The molecule has 2 aromatic heterocycles. The summed E-state index contributed by atoms with van der Waals surface area (Å²) in [5.74, 6) is 0.0458. The molecule has 136 valence electrons. The van der Waals surface area contributed by atoms with Gasteiger partial charge in [0.25, 0.3) is 0 Å². The van der Waals surface area contributed by atoms with Crippen LogP contribution in [0.4, 0.5) is 5.00 Å². The fourth-order valence-corrected chi connectivity index (χ4v) is 6.46. The van der Waals surface area contributed by atoms with Gasteiger partial charge in [0.05, 0.1) is 30.0 Å². The quantitative estimate of drug-likeness (QED) is 0.828. The van der Waals surface area contributed by atoms with Crippen molar-refractivity contribution in [3.05, 3.63) is 38.4 Å². The molecule has 6 heteroatoms. The number of aryl methyl sites for hydroxylation is 1. The summed E-state index contributed by atoms with van der Waals surface area (Å²) in [7, 11) is 0. The molecule has 1 aliphatic heterocycles. The highest BCUT2D eigenvalue weighted by Crippen LogP contribution is 2.37. The van der Waals surface area contributed by atoms with Gasteiger partial charge in [0.1, 0.15) is 17.1 Å².